The number of ether oxygens (including phenoxy) is 1. The summed E-state index contributed by atoms with van der Waals surface area (Å²) in [4.78, 5) is 19.4. The number of carbonyl (C=O) groups is 1. The molecule has 1 saturated carbocycles. The zero-order valence-electron chi connectivity index (χ0n) is 21.9. The summed E-state index contributed by atoms with van der Waals surface area (Å²) in [6, 6.07) is 6.02. The first-order chi connectivity index (χ1) is 18.1. The second-order valence-electron chi connectivity index (χ2n) is 10.2. The van der Waals surface area contributed by atoms with Crippen molar-refractivity contribution in [2.24, 2.45) is 11.8 Å². The summed E-state index contributed by atoms with van der Waals surface area (Å²) >= 11 is 0. The molecule has 2 aromatic rings. The van der Waals surface area contributed by atoms with Crippen molar-refractivity contribution in [2.45, 2.75) is 56.6 Å². The zero-order chi connectivity index (χ0) is 27.4. The average molecular weight is 544 g/mol. The summed E-state index contributed by atoms with van der Waals surface area (Å²) in [6.07, 6.45) is 5.37. The van der Waals surface area contributed by atoms with Crippen molar-refractivity contribution in [2.75, 3.05) is 26.7 Å². The number of aliphatic hydroxyl groups is 1. The summed E-state index contributed by atoms with van der Waals surface area (Å²) in [6.45, 7) is 3.54. The van der Waals surface area contributed by atoms with E-state index in [1.165, 1.54) is 38.1 Å². The van der Waals surface area contributed by atoms with Crippen molar-refractivity contribution in [3.8, 4) is 17.7 Å². The van der Waals surface area contributed by atoms with Gasteiger partial charge in [0, 0.05) is 37.2 Å². The number of aliphatic hydroxyl groups excluding tert-OH is 1. The van der Waals surface area contributed by atoms with E-state index in [2.05, 4.69) is 16.8 Å². The first-order valence-corrected chi connectivity index (χ1v) is 14.4. The Labute approximate surface area is 223 Å². The molecule has 2 heterocycles. The second-order valence-corrected chi connectivity index (χ2v) is 12.2. The molecule has 1 fully saturated rings. The number of amides is 1. The van der Waals surface area contributed by atoms with E-state index in [9.17, 15) is 22.7 Å². The molecule has 4 rings (SSSR count). The molecule has 2 aliphatic rings. The molecular weight excluding hydrogens is 509 g/mol. The minimum Gasteiger partial charge on any atom is -0.472 e. The summed E-state index contributed by atoms with van der Waals surface area (Å²) in [7, 11) is -2.59. The number of hydrogen-bond acceptors (Lipinski definition) is 6. The number of hydrogen-bond donors (Lipinski definition) is 1. The second kappa shape index (κ2) is 11.8. The SMILES string of the molecule is C[C@@H]1CN([C@H](C)CO)C(=O)c2cc(C#CC3CCCC3)cnc2O[C@H]1CN(C)S(=O)(=O)c1cccc(F)c1. The number of sulfonamides is 1. The van der Waals surface area contributed by atoms with Crippen molar-refractivity contribution in [1.29, 1.82) is 0 Å². The summed E-state index contributed by atoms with van der Waals surface area (Å²) in [5, 5.41) is 9.85. The molecule has 10 heteroatoms. The number of nitrogens with zero attached hydrogens (tertiary/aromatic N) is 3. The lowest BCUT2D eigenvalue weighted by atomic mass is 10.00. The van der Waals surface area contributed by atoms with Crippen LogP contribution in [0.3, 0.4) is 0 Å². The lowest BCUT2D eigenvalue weighted by Gasteiger charge is -2.37. The fraction of sp³-hybridized carbons (Fsp3) is 0.500. The van der Waals surface area contributed by atoms with Gasteiger partial charge < -0.3 is 14.7 Å². The van der Waals surface area contributed by atoms with E-state index in [0.717, 1.165) is 23.2 Å². The maximum atomic E-state index is 13.7. The van der Waals surface area contributed by atoms with Gasteiger partial charge in [-0.3, -0.25) is 4.79 Å². The Kier molecular flexibility index (Phi) is 8.71. The van der Waals surface area contributed by atoms with Gasteiger partial charge in [-0.2, -0.15) is 4.31 Å². The minimum absolute atomic E-state index is 0.0556. The van der Waals surface area contributed by atoms with Crippen molar-refractivity contribution in [1.82, 2.24) is 14.2 Å². The molecule has 1 aliphatic carbocycles. The zero-order valence-corrected chi connectivity index (χ0v) is 22.7. The van der Waals surface area contributed by atoms with Crippen molar-refractivity contribution >= 4 is 15.9 Å². The van der Waals surface area contributed by atoms with E-state index in [1.54, 1.807) is 24.1 Å². The largest absolute Gasteiger partial charge is 0.472 e. The minimum atomic E-state index is -4.00. The van der Waals surface area contributed by atoms with Crippen LogP contribution in [0.1, 0.15) is 55.5 Å². The van der Waals surface area contributed by atoms with Crippen LogP contribution < -0.4 is 4.74 Å². The van der Waals surface area contributed by atoms with E-state index in [4.69, 9.17) is 4.74 Å². The molecule has 204 valence electrons. The third kappa shape index (κ3) is 6.17. The molecule has 0 unspecified atom stereocenters. The van der Waals surface area contributed by atoms with Crippen molar-refractivity contribution in [3.05, 3.63) is 53.5 Å². The molecule has 0 spiro atoms. The average Bonchev–Trinajstić information content (AvgIpc) is 3.43. The van der Waals surface area contributed by atoms with Crippen LogP contribution in [-0.2, 0) is 10.0 Å². The van der Waals surface area contributed by atoms with E-state index in [1.807, 2.05) is 6.92 Å². The van der Waals surface area contributed by atoms with Crippen LogP contribution in [0.5, 0.6) is 5.88 Å². The Morgan fingerprint density at radius 1 is 1.29 bits per heavy atom. The van der Waals surface area contributed by atoms with Gasteiger partial charge >= 0.3 is 0 Å². The van der Waals surface area contributed by atoms with Crippen LogP contribution in [0.2, 0.25) is 0 Å². The first kappa shape index (κ1) is 28.0. The highest BCUT2D eigenvalue weighted by Gasteiger charge is 2.36. The van der Waals surface area contributed by atoms with Gasteiger partial charge in [-0.05, 0) is 44.0 Å². The number of carbonyl (C=O) groups excluding carboxylic acids is 1. The molecule has 1 N–H and O–H groups in total. The Morgan fingerprint density at radius 3 is 2.71 bits per heavy atom. The first-order valence-electron chi connectivity index (χ1n) is 12.9. The Bertz CT molecular complexity index is 1330. The van der Waals surface area contributed by atoms with Crippen LogP contribution in [0, 0.1) is 29.5 Å². The number of aromatic nitrogens is 1. The summed E-state index contributed by atoms with van der Waals surface area (Å²) in [5.74, 6) is 5.56. The number of rotatable bonds is 6. The van der Waals surface area contributed by atoms with Gasteiger partial charge in [0.05, 0.1) is 24.1 Å². The van der Waals surface area contributed by atoms with Gasteiger partial charge in [0.25, 0.3) is 5.91 Å². The number of likely N-dealkylation sites (N-methyl/N-ethyl adjacent to an activating group) is 1. The molecule has 0 saturated heterocycles. The Morgan fingerprint density at radius 2 is 2.03 bits per heavy atom. The highest BCUT2D eigenvalue weighted by Crippen LogP contribution is 2.29. The predicted molar refractivity (Wildman–Crippen MR) is 140 cm³/mol. The van der Waals surface area contributed by atoms with Gasteiger partial charge in [0.15, 0.2) is 0 Å². The van der Waals surface area contributed by atoms with Gasteiger partial charge in [0.1, 0.15) is 17.5 Å². The number of fused-ring (bicyclic) bond motifs is 1. The molecule has 1 aliphatic heterocycles. The van der Waals surface area contributed by atoms with Crippen LogP contribution in [-0.4, -0.2) is 72.5 Å². The Hall–Kier alpha value is -3.00. The maximum absolute atomic E-state index is 13.7. The third-order valence-electron chi connectivity index (χ3n) is 7.24. The summed E-state index contributed by atoms with van der Waals surface area (Å²) in [5.41, 5.74) is 0.816. The van der Waals surface area contributed by atoms with E-state index < -0.39 is 28.0 Å². The lowest BCUT2D eigenvalue weighted by molar-refractivity contribution is 0.0373. The maximum Gasteiger partial charge on any atom is 0.259 e. The van der Waals surface area contributed by atoms with E-state index in [-0.39, 0.29) is 47.9 Å². The predicted octanol–water partition coefficient (Wildman–Crippen LogP) is 3.30. The highest BCUT2D eigenvalue weighted by molar-refractivity contribution is 7.89. The number of halogens is 1. The molecule has 0 bridgehead atoms. The Balaban J connectivity index is 1.66. The smallest absolute Gasteiger partial charge is 0.259 e. The lowest BCUT2D eigenvalue weighted by Crippen LogP contribution is -2.50. The van der Waals surface area contributed by atoms with Crippen LogP contribution >= 0.6 is 0 Å². The molecule has 38 heavy (non-hydrogen) atoms. The van der Waals surface area contributed by atoms with E-state index in [0.29, 0.717) is 11.5 Å². The number of pyridine rings is 1. The van der Waals surface area contributed by atoms with Crippen LogP contribution in [0.4, 0.5) is 4.39 Å². The quantitative estimate of drug-likeness (QED) is 0.562. The van der Waals surface area contributed by atoms with Gasteiger partial charge in [-0.15, -0.1) is 0 Å². The molecule has 1 amide bonds. The molecule has 8 nitrogen and oxygen atoms in total. The van der Waals surface area contributed by atoms with Crippen LogP contribution in [0.25, 0.3) is 0 Å². The highest BCUT2D eigenvalue weighted by atomic mass is 32.2. The van der Waals surface area contributed by atoms with Gasteiger partial charge in [-0.25, -0.2) is 17.8 Å². The van der Waals surface area contributed by atoms with Crippen molar-refractivity contribution in [3.63, 3.8) is 0 Å². The molecular formula is C28H34FN3O5S. The molecule has 0 radical (unpaired) electrons. The van der Waals surface area contributed by atoms with E-state index >= 15 is 0 Å². The summed E-state index contributed by atoms with van der Waals surface area (Å²) < 4.78 is 47.3. The fourth-order valence-electron chi connectivity index (χ4n) is 4.80. The molecule has 1 aromatic carbocycles. The normalized spacial score (nSPS) is 21.2. The van der Waals surface area contributed by atoms with Gasteiger partial charge in [-0.1, -0.05) is 37.7 Å². The third-order valence-corrected chi connectivity index (χ3v) is 9.06. The molecule has 1 aromatic heterocycles. The van der Waals surface area contributed by atoms with Gasteiger partial charge in [0.2, 0.25) is 15.9 Å². The van der Waals surface area contributed by atoms with Crippen molar-refractivity contribution < 1.29 is 27.4 Å². The molecule has 3 atom stereocenters. The standard InChI is InChI=1S/C28H34FN3O5S/c1-19-16-32(20(2)18-33)28(34)25-13-22(12-11-21-7-4-5-8-21)15-30-27(25)37-26(19)17-31(3)38(35,36)24-10-6-9-23(29)14-24/h6,9-10,13-15,19-21,26,33H,4-5,7-8,16-18H2,1-3H3/t19-,20-,26+/m1/s1. The van der Waals surface area contributed by atoms with Crippen LogP contribution in [0.15, 0.2) is 41.4 Å². The monoisotopic (exact) mass is 543 g/mol. The topological polar surface area (TPSA) is 100 Å². The number of benzene rings is 1. The fourth-order valence-corrected chi connectivity index (χ4v) is 6.02.